The molecular formula is C18H23BN2O3S. The van der Waals surface area contributed by atoms with Gasteiger partial charge >= 0.3 is 7.12 Å². The fraction of sp³-hybridized carbons (Fsp3) is 0.444. The number of carbonyl (C=O) groups is 1. The topological polar surface area (TPSA) is 60.5 Å². The first-order valence-corrected chi connectivity index (χ1v) is 9.31. The number of nitrogens with zero attached hydrogens (tertiary/aromatic N) is 1. The van der Waals surface area contributed by atoms with Gasteiger partial charge in [-0.05, 0) is 51.7 Å². The molecule has 1 aliphatic rings. The van der Waals surface area contributed by atoms with Crippen LogP contribution < -0.4 is 10.8 Å². The number of benzene rings is 1. The van der Waals surface area contributed by atoms with Crippen molar-refractivity contribution in [1.82, 2.24) is 4.98 Å². The number of amides is 1. The molecule has 1 fully saturated rings. The van der Waals surface area contributed by atoms with Crippen LogP contribution in [0.2, 0.25) is 0 Å². The molecular weight excluding hydrogens is 335 g/mol. The molecule has 0 spiro atoms. The Hall–Kier alpha value is -1.70. The Bertz CT molecular complexity index is 755. The third-order valence-corrected chi connectivity index (χ3v) is 5.64. The van der Waals surface area contributed by atoms with Crippen LogP contribution in [-0.4, -0.2) is 29.2 Å². The fourth-order valence-corrected chi connectivity index (χ4v) is 3.26. The van der Waals surface area contributed by atoms with E-state index in [0.717, 1.165) is 17.6 Å². The number of rotatable bonds is 4. The number of aromatic nitrogens is 1. The van der Waals surface area contributed by atoms with Crippen molar-refractivity contribution < 1.29 is 14.1 Å². The van der Waals surface area contributed by atoms with E-state index in [0.29, 0.717) is 10.7 Å². The first-order valence-electron chi connectivity index (χ1n) is 8.43. The van der Waals surface area contributed by atoms with Gasteiger partial charge in [-0.1, -0.05) is 19.1 Å². The van der Waals surface area contributed by atoms with Gasteiger partial charge in [0, 0.05) is 10.9 Å². The molecule has 2 heterocycles. The Kier molecular flexibility index (Phi) is 4.75. The standard InChI is InChI=1S/C18H23BN2O3S/c1-6-14-11-25-16(20-14)21-15(22)12-7-9-13(10-8-12)19-23-17(2,3)18(4,5)24-19/h7-11H,6H2,1-5H3,(H,20,21,22). The number of thiazole rings is 1. The van der Waals surface area contributed by atoms with Crippen molar-refractivity contribution >= 4 is 35.0 Å². The van der Waals surface area contributed by atoms with Crippen LogP contribution in [0.15, 0.2) is 29.6 Å². The highest BCUT2D eigenvalue weighted by Crippen LogP contribution is 2.36. The summed E-state index contributed by atoms with van der Waals surface area (Å²) in [6.07, 6.45) is 0.856. The highest BCUT2D eigenvalue weighted by Gasteiger charge is 2.51. The van der Waals surface area contributed by atoms with E-state index in [1.54, 1.807) is 12.1 Å². The van der Waals surface area contributed by atoms with E-state index in [1.807, 2.05) is 52.1 Å². The summed E-state index contributed by atoms with van der Waals surface area (Å²) in [6.45, 7) is 10.1. The van der Waals surface area contributed by atoms with Crippen LogP contribution in [0.3, 0.4) is 0 Å². The number of aryl methyl sites for hydroxylation is 1. The molecule has 1 aliphatic heterocycles. The molecule has 2 aromatic rings. The van der Waals surface area contributed by atoms with Gasteiger partial charge in [-0.25, -0.2) is 4.98 Å². The highest BCUT2D eigenvalue weighted by atomic mass is 32.1. The SMILES string of the molecule is CCc1csc(NC(=O)c2ccc(B3OC(C)(C)C(C)(C)O3)cc2)n1. The summed E-state index contributed by atoms with van der Waals surface area (Å²) < 4.78 is 12.1. The van der Waals surface area contributed by atoms with Crippen LogP contribution in [0.25, 0.3) is 0 Å². The Morgan fingerprint density at radius 1 is 1.16 bits per heavy atom. The molecule has 132 valence electrons. The number of hydrogen-bond acceptors (Lipinski definition) is 5. The summed E-state index contributed by atoms with van der Waals surface area (Å²) in [4.78, 5) is 16.7. The van der Waals surface area contributed by atoms with Crippen molar-refractivity contribution in [3.63, 3.8) is 0 Å². The fourth-order valence-electron chi connectivity index (χ4n) is 2.47. The average molecular weight is 358 g/mol. The van der Waals surface area contributed by atoms with Gasteiger partial charge in [-0.15, -0.1) is 11.3 Å². The third-order valence-electron chi connectivity index (χ3n) is 4.83. The maximum atomic E-state index is 12.3. The number of nitrogens with one attached hydrogen (secondary N) is 1. The van der Waals surface area contributed by atoms with Gasteiger partial charge in [0.05, 0.1) is 16.9 Å². The molecule has 5 nitrogen and oxygen atoms in total. The van der Waals surface area contributed by atoms with E-state index in [-0.39, 0.29) is 17.1 Å². The summed E-state index contributed by atoms with van der Waals surface area (Å²) in [6, 6.07) is 7.31. The first kappa shape index (κ1) is 18.1. The second-order valence-corrected chi connectivity index (χ2v) is 8.02. The zero-order valence-corrected chi connectivity index (χ0v) is 16.1. The van der Waals surface area contributed by atoms with E-state index >= 15 is 0 Å². The van der Waals surface area contributed by atoms with Crippen molar-refractivity contribution in [2.45, 2.75) is 52.2 Å². The third kappa shape index (κ3) is 3.63. The molecule has 0 aliphatic carbocycles. The van der Waals surface area contributed by atoms with Gasteiger partial charge in [0.2, 0.25) is 0 Å². The average Bonchev–Trinajstić information content (AvgIpc) is 3.09. The molecule has 0 saturated carbocycles. The lowest BCUT2D eigenvalue weighted by atomic mass is 9.79. The van der Waals surface area contributed by atoms with Crippen LogP contribution in [0.5, 0.6) is 0 Å². The predicted molar refractivity (Wildman–Crippen MR) is 102 cm³/mol. The molecule has 25 heavy (non-hydrogen) atoms. The van der Waals surface area contributed by atoms with Crippen molar-refractivity contribution in [2.24, 2.45) is 0 Å². The van der Waals surface area contributed by atoms with Crippen LogP contribution in [0.4, 0.5) is 5.13 Å². The van der Waals surface area contributed by atoms with Gasteiger partial charge < -0.3 is 9.31 Å². The lowest BCUT2D eigenvalue weighted by Crippen LogP contribution is -2.41. The van der Waals surface area contributed by atoms with Crippen LogP contribution >= 0.6 is 11.3 Å². The highest BCUT2D eigenvalue weighted by molar-refractivity contribution is 7.14. The van der Waals surface area contributed by atoms with E-state index in [2.05, 4.69) is 10.3 Å². The van der Waals surface area contributed by atoms with E-state index in [1.165, 1.54) is 11.3 Å². The number of hydrogen-bond donors (Lipinski definition) is 1. The van der Waals surface area contributed by atoms with Crippen molar-refractivity contribution in [3.05, 3.63) is 40.9 Å². The minimum atomic E-state index is -0.423. The number of carbonyl (C=O) groups excluding carboxylic acids is 1. The molecule has 7 heteroatoms. The Morgan fingerprint density at radius 3 is 2.28 bits per heavy atom. The molecule has 1 aromatic heterocycles. The lowest BCUT2D eigenvalue weighted by Gasteiger charge is -2.32. The summed E-state index contributed by atoms with van der Waals surface area (Å²) in [5, 5.41) is 5.41. The van der Waals surface area contributed by atoms with Crippen molar-refractivity contribution in [3.8, 4) is 0 Å². The summed E-state index contributed by atoms with van der Waals surface area (Å²) >= 11 is 1.44. The smallest absolute Gasteiger partial charge is 0.399 e. The van der Waals surface area contributed by atoms with Crippen LogP contribution in [0.1, 0.15) is 50.7 Å². The van der Waals surface area contributed by atoms with Crippen molar-refractivity contribution in [1.29, 1.82) is 0 Å². The molecule has 0 bridgehead atoms. The summed E-state index contributed by atoms with van der Waals surface area (Å²) in [5.74, 6) is -0.169. The van der Waals surface area contributed by atoms with Gasteiger partial charge in [0.15, 0.2) is 5.13 Å². The maximum Gasteiger partial charge on any atom is 0.494 e. The Morgan fingerprint density at radius 2 is 1.76 bits per heavy atom. The monoisotopic (exact) mass is 358 g/mol. The van der Waals surface area contributed by atoms with E-state index in [9.17, 15) is 4.79 Å². The predicted octanol–water partition coefficient (Wildman–Crippen LogP) is 3.26. The van der Waals surface area contributed by atoms with Crippen molar-refractivity contribution in [2.75, 3.05) is 5.32 Å². The summed E-state index contributed by atoms with van der Waals surface area (Å²) in [7, 11) is -0.423. The van der Waals surface area contributed by atoms with Crippen LogP contribution in [-0.2, 0) is 15.7 Å². The molecule has 1 saturated heterocycles. The zero-order valence-electron chi connectivity index (χ0n) is 15.3. The molecule has 3 rings (SSSR count). The summed E-state index contributed by atoms with van der Waals surface area (Å²) in [5.41, 5.74) is 1.70. The Labute approximate surface area is 152 Å². The molecule has 0 radical (unpaired) electrons. The quantitative estimate of drug-likeness (QED) is 0.853. The maximum absolute atomic E-state index is 12.3. The zero-order chi connectivity index (χ0) is 18.2. The second kappa shape index (κ2) is 6.55. The minimum absolute atomic E-state index is 0.169. The molecule has 1 N–H and O–H groups in total. The van der Waals surface area contributed by atoms with E-state index in [4.69, 9.17) is 9.31 Å². The number of anilines is 1. The normalized spacial score (nSPS) is 18.4. The second-order valence-electron chi connectivity index (χ2n) is 7.16. The molecule has 1 amide bonds. The Balaban J connectivity index is 1.69. The van der Waals surface area contributed by atoms with Gasteiger partial charge in [0.1, 0.15) is 0 Å². The largest absolute Gasteiger partial charge is 0.494 e. The molecule has 1 aromatic carbocycles. The first-order chi connectivity index (χ1) is 11.7. The molecule has 0 unspecified atom stereocenters. The van der Waals surface area contributed by atoms with Gasteiger partial charge in [-0.2, -0.15) is 0 Å². The van der Waals surface area contributed by atoms with Gasteiger partial charge in [-0.3, -0.25) is 10.1 Å². The van der Waals surface area contributed by atoms with Crippen LogP contribution in [0, 0.1) is 0 Å². The van der Waals surface area contributed by atoms with E-state index < -0.39 is 7.12 Å². The molecule has 0 atom stereocenters. The lowest BCUT2D eigenvalue weighted by molar-refractivity contribution is 0.00578. The minimum Gasteiger partial charge on any atom is -0.399 e. The van der Waals surface area contributed by atoms with Gasteiger partial charge in [0.25, 0.3) is 5.91 Å².